The molecule has 84 valence electrons. The van der Waals surface area contributed by atoms with Gasteiger partial charge < -0.3 is 0 Å². The Morgan fingerprint density at radius 1 is 1.25 bits per heavy atom. The Kier molecular flexibility index (Phi) is 2.56. The molecule has 0 bridgehead atoms. The van der Waals surface area contributed by atoms with Crippen LogP contribution in [0.1, 0.15) is 38.1 Å². The smallest absolute Gasteiger partial charge is 0.205 e. The minimum absolute atomic E-state index is 0.487. The lowest BCUT2D eigenvalue weighted by molar-refractivity contribution is 0.359. The highest BCUT2D eigenvalue weighted by atomic mass is 35.5. The number of hydrogen-bond donors (Lipinski definition) is 0. The average molecular weight is 236 g/mol. The molecule has 0 saturated heterocycles. The molecule has 0 aliphatic heterocycles. The van der Waals surface area contributed by atoms with Crippen molar-refractivity contribution < 1.29 is 0 Å². The molecule has 2 aromatic heterocycles. The lowest BCUT2D eigenvalue weighted by Gasteiger charge is -2.23. The topological polar surface area (TPSA) is 30.7 Å². The molecule has 0 radical (unpaired) electrons. The molecular weight excluding hydrogens is 222 g/mol. The number of hydrogen-bond acceptors (Lipinski definition) is 2. The summed E-state index contributed by atoms with van der Waals surface area (Å²) in [6.45, 7) is 0. The zero-order chi connectivity index (χ0) is 11.0. The fraction of sp³-hybridized carbons (Fsp3) is 0.500. The summed E-state index contributed by atoms with van der Waals surface area (Å²) in [6, 6.07) is 4.35. The summed E-state index contributed by atoms with van der Waals surface area (Å²) in [5.41, 5.74) is 1.83. The molecule has 1 aliphatic carbocycles. The van der Waals surface area contributed by atoms with E-state index in [1.54, 1.807) is 6.20 Å². The van der Waals surface area contributed by atoms with Gasteiger partial charge in [0, 0.05) is 12.2 Å². The summed E-state index contributed by atoms with van der Waals surface area (Å²) in [5.74, 6) is 0. The molecule has 1 saturated carbocycles. The molecule has 0 atom stereocenters. The first-order valence-corrected chi connectivity index (χ1v) is 6.22. The maximum Gasteiger partial charge on any atom is 0.205 e. The molecule has 3 nitrogen and oxygen atoms in total. The molecule has 0 spiro atoms. The maximum absolute atomic E-state index is 6.21. The van der Waals surface area contributed by atoms with Gasteiger partial charge in [-0.1, -0.05) is 19.3 Å². The zero-order valence-electron chi connectivity index (χ0n) is 9.06. The van der Waals surface area contributed by atoms with Gasteiger partial charge in [-0.3, -0.25) is 4.57 Å². The Morgan fingerprint density at radius 2 is 2.06 bits per heavy atom. The molecule has 0 unspecified atom stereocenters. The van der Waals surface area contributed by atoms with E-state index in [9.17, 15) is 0 Å². The van der Waals surface area contributed by atoms with Crippen molar-refractivity contribution in [3.05, 3.63) is 23.6 Å². The van der Waals surface area contributed by atoms with E-state index >= 15 is 0 Å². The zero-order valence-corrected chi connectivity index (χ0v) is 9.82. The summed E-state index contributed by atoms with van der Waals surface area (Å²) in [5, 5.41) is 0.584. The van der Waals surface area contributed by atoms with Gasteiger partial charge in [0.15, 0.2) is 5.65 Å². The molecular formula is C12H14ClN3. The number of aromatic nitrogens is 3. The van der Waals surface area contributed by atoms with E-state index < -0.39 is 0 Å². The Morgan fingerprint density at radius 3 is 2.88 bits per heavy atom. The van der Waals surface area contributed by atoms with Crippen molar-refractivity contribution in [3.63, 3.8) is 0 Å². The van der Waals surface area contributed by atoms with Crippen molar-refractivity contribution in [1.82, 2.24) is 14.5 Å². The normalized spacial score (nSPS) is 18.1. The Bertz CT molecular complexity index is 500. The van der Waals surface area contributed by atoms with Gasteiger partial charge in [0.1, 0.15) is 5.52 Å². The monoisotopic (exact) mass is 235 g/mol. The summed E-state index contributed by atoms with van der Waals surface area (Å²) in [4.78, 5) is 8.75. The molecule has 4 heteroatoms. The van der Waals surface area contributed by atoms with Crippen molar-refractivity contribution >= 4 is 22.8 Å². The summed E-state index contributed by atoms with van der Waals surface area (Å²) >= 11 is 6.21. The first kappa shape index (κ1) is 10.1. The van der Waals surface area contributed by atoms with Crippen molar-refractivity contribution in [3.8, 4) is 0 Å². The predicted molar refractivity (Wildman–Crippen MR) is 64.7 cm³/mol. The summed E-state index contributed by atoms with van der Waals surface area (Å²) < 4.78 is 2.11. The Labute approximate surface area is 99.5 Å². The second-order valence-electron chi connectivity index (χ2n) is 4.39. The van der Waals surface area contributed by atoms with Crippen LogP contribution in [-0.4, -0.2) is 14.5 Å². The number of imidazole rings is 1. The van der Waals surface area contributed by atoms with Crippen LogP contribution in [0, 0.1) is 0 Å². The van der Waals surface area contributed by atoms with Crippen LogP contribution >= 0.6 is 11.6 Å². The number of nitrogens with zero attached hydrogens (tertiary/aromatic N) is 3. The molecule has 1 fully saturated rings. The summed E-state index contributed by atoms with van der Waals surface area (Å²) in [6.07, 6.45) is 8.11. The van der Waals surface area contributed by atoms with Gasteiger partial charge in [-0.05, 0) is 36.6 Å². The second kappa shape index (κ2) is 4.06. The van der Waals surface area contributed by atoms with Crippen LogP contribution in [0.3, 0.4) is 0 Å². The minimum atomic E-state index is 0.487. The third-order valence-corrected chi connectivity index (χ3v) is 3.61. The van der Waals surface area contributed by atoms with Crippen LogP contribution in [0.4, 0.5) is 0 Å². The fourth-order valence-electron chi connectivity index (χ4n) is 2.56. The molecule has 2 heterocycles. The van der Waals surface area contributed by atoms with Gasteiger partial charge in [0.2, 0.25) is 5.28 Å². The van der Waals surface area contributed by atoms with Gasteiger partial charge in [-0.15, -0.1) is 0 Å². The standard InChI is InChI=1S/C12H14ClN3/c13-12-15-10-7-4-8-14-11(10)16(12)9-5-2-1-3-6-9/h4,7-9H,1-3,5-6H2. The van der Waals surface area contributed by atoms with Crippen LogP contribution in [0.15, 0.2) is 18.3 Å². The number of rotatable bonds is 1. The van der Waals surface area contributed by atoms with Gasteiger partial charge in [-0.25, -0.2) is 9.97 Å². The highest BCUT2D eigenvalue weighted by Gasteiger charge is 2.20. The van der Waals surface area contributed by atoms with Crippen LogP contribution < -0.4 is 0 Å². The molecule has 2 aromatic rings. The Hall–Kier alpha value is -1.09. The van der Waals surface area contributed by atoms with Gasteiger partial charge in [-0.2, -0.15) is 0 Å². The van der Waals surface area contributed by atoms with Gasteiger partial charge in [0.25, 0.3) is 0 Å². The van der Waals surface area contributed by atoms with E-state index in [1.807, 2.05) is 12.1 Å². The largest absolute Gasteiger partial charge is 0.296 e. The highest BCUT2D eigenvalue weighted by Crippen LogP contribution is 2.33. The highest BCUT2D eigenvalue weighted by molar-refractivity contribution is 6.29. The quantitative estimate of drug-likeness (QED) is 0.756. The molecule has 0 amide bonds. The number of fused-ring (bicyclic) bond motifs is 1. The second-order valence-corrected chi connectivity index (χ2v) is 4.73. The SMILES string of the molecule is Clc1nc2cccnc2n1C1CCCCC1. The van der Waals surface area contributed by atoms with Crippen LogP contribution in [0.2, 0.25) is 5.28 Å². The lowest BCUT2D eigenvalue weighted by Crippen LogP contribution is -2.13. The van der Waals surface area contributed by atoms with Crippen LogP contribution in [0.25, 0.3) is 11.2 Å². The van der Waals surface area contributed by atoms with E-state index in [0.29, 0.717) is 11.3 Å². The van der Waals surface area contributed by atoms with Gasteiger partial charge >= 0.3 is 0 Å². The van der Waals surface area contributed by atoms with E-state index in [-0.39, 0.29) is 0 Å². The average Bonchev–Trinajstić information content (AvgIpc) is 2.66. The summed E-state index contributed by atoms with van der Waals surface area (Å²) in [7, 11) is 0. The molecule has 3 rings (SSSR count). The third-order valence-electron chi connectivity index (χ3n) is 3.35. The van der Waals surface area contributed by atoms with Crippen molar-refractivity contribution in [1.29, 1.82) is 0 Å². The molecule has 16 heavy (non-hydrogen) atoms. The molecule has 0 aromatic carbocycles. The number of halogens is 1. The van der Waals surface area contributed by atoms with Crippen molar-refractivity contribution in [2.45, 2.75) is 38.1 Å². The van der Waals surface area contributed by atoms with Gasteiger partial charge in [0.05, 0.1) is 0 Å². The molecule has 1 aliphatic rings. The number of pyridine rings is 1. The Balaban J connectivity index is 2.10. The first-order valence-electron chi connectivity index (χ1n) is 5.85. The third kappa shape index (κ3) is 1.59. The fourth-order valence-corrected chi connectivity index (χ4v) is 2.87. The van der Waals surface area contributed by atoms with Crippen molar-refractivity contribution in [2.75, 3.05) is 0 Å². The van der Waals surface area contributed by atoms with Crippen LogP contribution in [0.5, 0.6) is 0 Å². The predicted octanol–water partition coefficient (Wildman–Crippen LogP) is 3.59. The van der Waals surface area contributed by atoms with Crippen molar-refractivity contribution in [2.24, 2.45) is 0 Å². The maximum atomic E-state index is 6.21. The minimum Gasteiger partial charge on any atom is -0.296 e. The van der Waals surface area contributed by atoms with E-state index in [1.165, 1.54) is 32.1 Å². The molecule has 0 N–H and O–H groups in total. The first-order chi connectivity index (χ1) is 7.86. The van der Waals surface area contributed by atoms with E-state index in [0.717, 1.165) is 11.2 Å². The van der Waals surface area contributed by atoms with E-state index in [4.69, 9.17) is 11.6 Å². The van der Waals surface area contributed by atoms with Crippen LogP contribution in [-0.2, 0) is 0 Å². The van der Waals surface area contributed by atoms with E-state index in [2.05, 4.69) is 14.5 Å². The lowest BCUT2D eigenvalue weighted by atomic mass is 9.95.